The summed E-state index contributed by atoms with van der Waals surface area (Å²) in [6.45, 7) is 1.85. The van der Waals surface area contributed by atoms with Crippen LogP contribution in [0.3, 0.4) is 0 Å². The van der Waals surface area contributed by atoms with Gasteiger partial charge in [0.25, 0.3) is 0 Å². The Labute approximate surface area is 154 Å². The zero-order chi connectivity index (χ0) is 18.8. The molecule has 8 heteroatoms. The van der Waals surface area contributed by atoms with Gasteiger partial charge in [0, 0.05) is 31.7 Å². The van der Waals surface area contributed by atoms with Gasteiger partial charge < -0.3 is 14.2 Å². The Kier molecular flexibility index (Phi) is 4.53. The van der Waals surface area contributed by atoms with Gasteiger partial charge in [-0.1, -0.05) is 12.1 Å². The molecule has 0 unspecified atom stereocenters. The summed E-state index contributed by atoms with van der Waals surface area (Å²) in [6.07, 6.45) is 0. The molecule has 138 valence electrons. The van der Waals surface area contributed by atoms with Gasteiger partial charge in [-0.25, -0.2) is 8.78 Å². The number of carbonyl (C=O) groups is 1. The molecular weight excluding hydrogens is 354 g/mol. The van der Waals surface area contributed by atoms with Crippen LogP contribution in [0.5, 0.6) is 0 Å². The first-order chi connectivity index (χ1) is 13.1. The topological polar surface area (TPSA) is 62.5 Å². The largest absolute Gasteiger partial charge is 0.412 e. The smallest absolute Gasteiger partial charge is 0.311 e. The van der Waals surface area contributed by atoms with Crippen molar-refractivity contribution >= 4 is 11.6 Å². The SMILES string of the molecule is O=C(c1nnc(-c2ccc(F)cc2)o1)N1CCN(c2ccccc2F)CC1. The number of rotatable bonds is 3. The zero-order valence-corrected chi connectivity index (χ0v) is 14.3. The van der Waals surface area contributed by atoms with Crippen molar-refractivity contribution in [3.05, 3.63) is 66.1 Å². The van der Waals surface area contributed by atoms with Crippen molar-refractivity contribution in [2.24, 2.45) is 0 Å². The molecular formula is C19H16F2N4O2. The molecule has 6 nitrogen and oxygen atoms in total. The summed E-state index contributed by atoms with van der Waals surface area (Å²) in [4.78, 5) is 16.1. The highest BCUT2D eigenvalue weighted by atomic mass is 19.1. The van der Waals surface area contributed by atoms with Crippen LogP contribution < -0.4 is 4.90 Å². The second-order valence-electron chi connectivity index (χ2n) is 6.15. The monoisotopic (exact) mass is 370 g/mol. The predicted molar refractivity (Wildman–Crippen MR) is 94.2 cm³/mol. The lowest BCUT2D eigenvalue weighted by Gasteiger charge is -2.35. The number of benzene rings is 2. The molecule has 0 spiro atoms. The molecule has 2 aromatic carbocycles. The van der Waals surface area contributed by atoms with Gasteiger partial charge in [-0.3, -0.25) is 4.79 Å². The number of para-hydroxylation sites is 1. The van der Waals surface area contributed by atoms with Gasteiger partial charge in [-0.2, -0.15) is 0 Å². The maximum Gasteiger partial charge on any atom is 0.311 e. The highest BCUT2D eigenvalue weighted by molar-refractivity contribution is 5.90. The molecule has 1 amide bonds. The molecule has 1 aromatic heterocycles. The summed E-state index contributed by atoms with van der Waals surface area (Å²) in [5, 5.41) is 7.67. The molecule has 1 aliphatic rings. The van der Waals surface area contributed by atoms with Gasteiger partial charge in [-0.15, -0.1) is 10.2 Å². The molecule has 0 N–H and O–H groups in total. The molecule has 27 heavy (non-hydrogen) atoms. The van der Waals surface area contributed by atoms with Crippen molar-refractivity contribution in [2.75, 3.05) is 31.1 Å². The zero-order valence-electron chi connectivity index (χ0n) is 14.3. The summed E-state index contributed by atoms with van der Waals surface area (Å²) < 4.78 is 32.4. The van der Waals surface area contributed by atoms with Crippen molar-refractivity contribution < 1.29 is 18.0 Å². The van der Waals surface area contributed by atoms with E-state index in [4.69, 9.17) is 4.42 Å². The van der Waals surface area contributed by atoms with Gasteiger partial charge in [0.1, 0.15) is 11.6 Å². The number of hydrogen-bond acceptors (Lipinski definition) is 5. The van der Waals surface area contributed by atoms with Crippen LogP contribution in [0.4, 0.5) is 14.5 Å². The quantitative estimate of drug-likeness (QED) is 0.709. The summed E-state index contributed by atoms with van der Waals surface area (Å²) in [5.74, 6) is -0.985. The van der Waals surface area contributed by atoms with Crippen LogP contribution in [0.2, 0.25) is 0 Å². The van der Waals surface area contributed by atoms with Crippen molar-refractivity contribution in [1.29, 1.82) is 0 Å². The number of amides is 1. The molecule has 2 heterocycles. The molecule has 1 aliphatic heterocycles. The average molecular weight is 370 g/mol. The van der Waals surface area contributed by atoms with E-state index < -0.39 is 0 Å². The fourth-order valence-corrected chi connectivity index (χ4v) is 3.01. The number of piperazine rings is 1. The highest BCUT2D eigenvalue weighted by Gasteiger charge is 2.27. The number of carbonyl (C=O) groups excluding carboxylic acids is 1. The molecule has 0 radical (unpaired) electrons. The van der Waals surface area contributed by atoms with E-state index in [2.05, 4.69) is 10.2 Å². The molecule has 0 saturated carbocycles. The van der Waals surface area contributed by atoms with Gasteiger partial charge in [0.15, 0.2) is 0 Å². The third-order valence-electron chi connectivity index (χ3n) is 4.46. The number of aromatic nitrogens is 2. The second-order valence-corrected chi connectivity index (χ2v) is 6.15. The first kappa shape index (κ1) is 17.1. The summed E-state index contributed by atoms with van der Waals surface area (Å²) in [7, 11) is 0. The van der Waals surface area contributed by atoms with Crippen LogP contribution in [0.25, 0.3) is 11.5 Å². The van der Waals surface area contributed by atoms with Gasteiger partial charge in [-0.05, 0) is 36.4 Å². The average Bonchev–Trinajstić information content (AvgIpc) is 3.19. The van der Waals surface area contributed by atoms with E-state index in [1.54, 1.807) is 23.1 Å². The van der Waals surface area contributed by atoms with E-state index in [9.17, 15) is 13.6 Å². The van der Waals surface area contributed by atoms with E-state index in [0.29, 0.717) is 37.4 Å². The Morgan fingerprint density at radius 3 is 2.33 bits per heavy atom. The van der Waals surface area contributed by atoms with E-state index in [-0.39, 0.29) is 29.3 Å². The first-order valence-corrected chi connectivity index (χ1v) is 8.50. The first-order valence-electron chi connectivity index (χ1n) is 8.50. The van der Waals surface area contributed by atoms with Crippen LogP contribution in [0, 0.1) is 11.6 Å². The Balaban J connectivity index is 1.43. The molecule has 1 saturated heterocycles. The molecule has 0 bridgehead atoms. The second kappa shape index (κ2) is 7.14. The van der Waals surface area contributed by atoms with E-state index >= 15 is 0 Å². The third kappa shape index (κ3) is 3.51. The normalized spacial score (nSPS) is 14.4. The van der Waals surface area contributed by atoms with Crippen molar-refractivity contribution in [1.82, 2.24) is 15.1 Å². The van der Waals surface area contributed by atoms with E-state index in [0.717, 1.165) is 0 Å². The number of anilines is 1. The third-order valence-corrected chi connectivity index (χ3v) is 4.46. The fourth-order valence-electron chi connectivity index (χ4n) is 3.01. The van der Waals surface area contributed by atoms with Crippen LogP contribution in [-0.4, -0.2) is 47.2 Å². The summed E-state index contributed by atoms with van der Waals surface area (Å²) in [5.41, 5.74) is 1.06. The lowest BCUT2D eigenvalue weighted by molar-refractivity contribution is 0.0707. The minimum atomic E-state index is -0.373. The predicted octanol–water partition coefficient (Wildman–Crippen LogP) is 2.98. The van der Waals surface area contributed by atoms with Crippen LogP contribution in [0.15, 0.2) is 52.9 Å². The van der Waals surface area contributed by atoms with Crippen molar-refractivity contribution in [3.8, 4) is 11.5 Å². The highest BCUT2D eigenvalue weighted by Crippen LogP contribution is 2.22. The van der Waals surface area contributed by atoms with Gasteiger partial charge in [0.2, 0.25) is 5.89 Å². The van der Waals surface area contributed by atoms with Gasteiger partial charge in [0.05, 0.1) is 5.69 Å². The van der Waals surface area contributed by atoms with E-state index in [1.807, 2.05) is 4.90 Å². The Morgan fingerprint density at radius 2 is 1.63 bits per heavy atom. The number of nitrogens with zero attached hydrogens (tertiary/aromatic N) is 4. The van der Waals surface area contributed by atoms with Gasteiger partial charge >= 0.3 is 11.8 Å². The molecule has 0 atom stereocenters. The maximum atomic E-state index is 13.9. The minimum Gasteiger partial charge on any atom is -0.412 e. The number of hydrogen-bond donors (Lipinski definition) is 0. The Bertz CT molecular complexity index is 950. The minimum absolute atomic E-state index is 0.117. The molecule has 3 aromatic rings. The van der Waals surface area contributed by atoms with Crippen molar-refractivity contribution in [2.45, 2.75) is 0 Å². The molecule has 1 fully saturated rings. The van der Waals surface area contributed by atoms with Crippen LogP contribution >= 0.6 is 0 Å². The summed E-state index contributed by atoms with van der Waals surface area (Å²) >= 11 is 0. The van der Waals surface area contributed by atoms with Crippen LogP contribution in [-0.2, 0) is 0 Å². The summed E-state index contributed by atoms with van der Waals surface area (Å²) in [6, 6.07) is 12.1. The Morgan fingerprint density at radius 1 is 0.926 bits per heavy atom. The lowest BCUT2D eigenvalue weighted by Crippen LogP contribution is -2.49. The standard InChI is InChI=1S/C19H16F2N4O2/c20-14-7-5-13(6-8-14)17-22-23-18(27-17)19(26)25-11-9-24(10-12-25)16-4-2-1-3-15(16)21/h1-8H,9-12H2. The van der Waals surface area contributed by atoms with E-state index in [1.165, 1.54) is 30.3 Å². The molecule has 0 aliphatic carbocycles. The lowest BCUT2D eigenvalue weighted by atomic mass is 10.2. The van der Waals surface area contributed by atoms with Crippen LogP contribution in [0.1, 0.15) is 10.7 Å². The molecule has 4 rings (SSSR count). The maximum absolute atomic E-state index is 13.9. The Hall–Kier alpha value is -3.29. The van der Waals surface area contributed by atoms with Crippen molar-refractivity contribution in [3.63, 3.8) is 0 Å². The number of halogens is 2. The fraction of sp³-hybridized carbons (Fsp3) is 0.211.